The summed E-state index contributed by atoms with van der Waals surface area (Å²) in [7, 11) is 0. The second-order valence-corrected chi connectivity index (χ2v) is 1.75. The number of nitroso groups, excluding NO2 is 1. The van der Waals surface area contributed by atoms with Crippen LogP contribution in [0, 0.1) is 4.91 Å². The first-order valence-electron chi connectivity index (χ1n) is 2.70. The van der Waals surface area contributed by atoms with E-state index in [9.17, 15) is 4.91 Å². The van der Waals surface area contributed by atoms with Crippen molar-refractivity contribution in [2.45, 2.75) is 0 Å². The number of benzene rings is 1. The van der Waals surface area contributed by atoms with Gasteiger partial charge in [-0.2, -0.15) is 0 Å². The molecule has 0 amide bonds. The largest absolute Gasteiger partial charge is 0.291 e. The van der Waals surface area contributed by atoms with Crippen LogP contribution >= 0.6 is 0 Å². The van der Waals surface area contributed by atoms with Gasteiger partial charge in [0.2, 0.25) is 0 Å². The minimum Gasteiger partial charge on any atom is -0.291 e. The summed E-state index contributed by atoms with van der Waals surface area (Å²) in [6.07, 6.45) is 0. The Labute approximate surface area is 57.4 Å². The summed E-state index contributed by atoms with van der Waals surface area (Å²) in [4.78, 5) is 9.92. The second kappa shape index (κ2) is 2.93. The molecule has 0 fully saturated rings. The zero-order chi connectivity index (χ0) is 7.40. The molecule has 2 N–H and O–H groups in total. The fraction of sp³-hybridized carbons (Fsp3) is 0. The Kier molecular flexibility index (Phi) is 1.96. The van der Waals surface area contributed by atoms with E-state index < -0.39 is 0 Å². The van der Waals surface area contributed by atoms with E-state index in [0.29, 0.717) is 11.4 Å². The van der Waals surface area contributed by atoms with Crippen LogP contribution in [0.4, 0.5) is 11.4 Å². The fourth-order valence-electron chi connectivity index (χ4n) is 0.632. The van der Waals surface area contributed by atoms with Crippen molar-refractivity contribution in [3.05, 3.63) is 29.2 Å². The summed E-state index contributed by atoms with van der Waals surface area (Å²) in [6.45, 7) is 0. The molecule has 0 aromatic heterocycles. The number of anilines is 1. The van der Waals surface area contributed by atoms with Gasteiger partial charge in [-0.25, -0.2) is 0 Å². The van der Waals surface area contributed by atoms with Gasteiger partial charge in [-0.15, -0.1) is 4.91 Å². The average Bonchev–Trinajstić information content (AvgIpc) is 2.05. The molecule has 4 heteroatoms. The van der Waals surface area contributed by atoms with E-state index in [2.05, 4.69) is 5.18 Å². The van der Waals surface area contributed by atoms with Crippen molar-refractivity contribution in [1.82, 2.24) is 0 Å². The first-order chi connectivity index (χ1) is 4.86. The number of nitrogens with zero attached hydrogens (tertiary/aromatic N) is 1. The lowest BCUT2D eigenvalue weighted by Gasteiger charge is -1.95. The van der Waals surface area contributed by atoms with E-state index in [1.54, 1.807) is 18.2 Å². The van der Waals surface area contributed by atoms with Crippen LogP contribution in [0.2, 0.25) is 0 Å². The highest BCUT2D eigenvalue weighted by Gasteiger charge is 1.91. The third-order valence-corrected chi connectivity index (χ3v) is 1.08. The standard InChI is InChI=1S/C6H6N2O2/c9-7-5-2-1-3-6(4-5)8-10/h1-4,7,9H. The SMILES string of the molecule is O=Nc1cccc(NO)c1. The van der Waals surface area contributed by atoms with Crippen LogP contribution in [0.3, 0.4) is 0 Å². The maximum atomic E-state index is 9.92. The van der Waals surface area contributed by atoms with E-state index in [0.717, 1.165) is 0 Å². The predicted octanol–water partition coefficient (Wildman–Crippen LogP) is 1.89. The molecule has 0 unspecified atom stereocenters. The van der Waals surface area contributed by atoms with Gasteiger partial charge >= 0.3 is 0 Å². The highest BCUT2D eigenvalue weighted by Crippen LogP contribution is 2.16. The van der Waals surface area contributed by atoms with Crippen molar-refractivity contribution in [3.8, 4) is 0 Å². The van der Waals surface area contributed by atoms with Gasteiger partial charge in [-0.3, -0.25) is 10.7 Å². The molecular weight excluding hydrogens is 132 g/mol. The first kappa shape index (κ1) is 6.70. The van der Waals surface area contributed by atoms with Crippen LogP contribution in [-0.4, -0.2) is 5.21 Å². The van der Waals surface area contributed by atoms with Crippen LogP contribution < -0.4 is 5.48 Å². The van der Waals surface area contributed by atoms with Gasteiger partial charge in [0.15, 0.2) is 0 Å². The van der Waals surface area contributed by atoms with Crippen molar-refractivity contribution in [2.75, 3.05) is 5.48 Å². The number of hydrogen-bond acceptors (Lipinski definition) is 4. The van der Waals surface area contributed by atoms with Crippen molar-refractivity contribution in [2.24, 2.45) is 5.18 Å². The summed E-state index contributed by atoms with van der Waals surface area (Å²) >= 11 is 0. The predicted molar refractivity (Wildman–Crippen MR) is 37.3 cm³/mol. The third kappa shape index (κ3) is 1.29. The van der Waals surface area contributed by atoms with E-state index >= 15 is 0 Å². The smallest absolute Gasteiger partial charge is 0.110 e. The highest BCUT2D eigenvalue weighted by molar-refractivity contribution is 5.52. The lowest BCUT2D eigenvalue weighted by atomic mass is 10.3. The molecule has 0 atom stereocenters. The minimum atomic E-state index is 0.291. The Morgan fingerprint density at radius 2 is 2.30 bits per heavy atom. The topological polar surface area (TPSA) is 61.7 Å². The molecule has 0 radical (unpaired) electrons. The van der Waals surface area contributed by atoms with Crippen LogP contribution in [0.25, 0.3) is 0 Å². The summed E-state index contributed by atoms with van der Waals surface area (Å²) in [6, 6.07) is 6.23. The molecule has 0 aliphatic heterocycles. The van der Waals surface area contributed by atoms with Gasteiger partial charge < -0.3 is 0 Å². The molecule has 0 heterocycles. The molecular formula is C6H6N2O2. The molecule has 0 saturated carbocycles. The Hall–Kier alpha value is -1.42. The Morgan fingerprint density at radius 1 is 1.50 bits per heavy atom. The molecule has 0 bridgehead atoms. The zero-order valence-electron chi connectivity index (χ0n) is 5.11. The second-order valence-electron chi connectivity index (χ2n) is 1.75. The maximum Gasteiger partial charge on any atom is 0.110 e. The first-order valence-corrected chi connectivity index (χ1v) is 2.70. The van der Waals surface area contributed by atoms with Gasteiger partial charge in [0.1, 0.15) is 5.69 Å². The van der Waals surface area contributed by atoms with E-state index in [4.69, 9.17) is 5.21 Å². The molecule has 0 saturated heterocycles. The summed E-state index contributed by atoms with van der Waals surface area (Å²) < 4.78 is 0. The van der Waals surface area contributed by atoms with Crippen LogP contribution in [0.1, 0.15) is 0 Å². The summed E-state index contributed by atoms with van der Waals surface area (Å²) in [5.41, 5.74) is 2.65. The average molecular weight is 138 g/mol. The minimum absolute atomic E-state index is 0.291. The Morgan fingerprint density at radius 3 is 2.90 bits per heavy atom. The zero-order valence-corrected chi connectivity index (χ0v) is 5.11. The highest BCUT2D eigenvalue weighted by atomic mass is 16.5. The van der Waals surface area contributed by atoms with Crippen molar-refractivity contribution >= 4 is 11.4 Å². The van der Waals surface area contributed by atoms with Gasteiger partial charge in [0.25, 0.3) is 0 Å². The third-order valence-electron chi connectivity index (χ3n) is 1.08. The monoisotopic (exact) mass is 138 g/mol. The molecule has 10 heavy (non-hydrogen) atoms. The van der Waals surface area contributed by atoms with Crippen molar-refractivity contribution in [1.29, 1.82) is 0 Å². The van der Waals surface area contributed by atoms with Gasteiger partial charge in [-0.1, -0.05) is 6.07 Å². The molecule has 1 aromatic carbocycles. The van der Waals surface area contributed by atoms with Crippen molar-refractivity contribution in [3.63, 3.8) is 0 Å². The van der Waals surface area contributed by atoms with Crippen LogP contribution in [-0.2, 0) is 0 Å². The normalized spacial score (nSPS) is 8.90. The quantitative estimate of drug-likeness (QED) is 0.484. The molecule has 52 valence electrons. The maximum absolute atomic E-state index is 9.92. The van der Waals surface area contributed by atoms with E-state index in [1.807, 2.05) is 5.48 Å². The van der Waals surface area contributed by atoms with Gasteiger partial charge in [-0.05, 0) is 23.4 Å². The van der Waals surface area contributed by atoms with E-state index in [-0.39, 0.29) is 0 Å². The summed E-state index contributed by atoms with van der Waals surface area (Å²) in [5.74, 6) is 0. The van der Waals surface area contributed by atoms with Crippen LogP contribution in [0.15, 0.2) is 29.4 Å². The van der Waals surface area contributed by atoms with Gasteiger partial charge in [0.05, 0.1) is 5.69 Å². The fourth-order valence-corrected chi connectivity index (χ4v) is 0.632. The summed E-state index contributed by atoms with van der Waals surface area (Å²) in [5, 5.41) is 11.0. The number of rotatable bonds is 2. The van der Waals surface area contributed by atoms with Crippen LogP contribution in [0.5, 0.6) is 0 Å². The Bertz CT molecular complexity index is 237. The molecule has 0 spiro atoms. The number of nitrogens with one attached hydrogen (secondary N) is 1. The lowest BCUT2D eigenvalue weighted by molar-refractivity contribution is 0.389. The van der Waals surface area contributed by atoms with Gasteiger partial charge in [0, 0.05) is 0 Å². The molecule has 1 rings (SSSR count). The molecule has 4 nitrogen and oxygen atoms in total. The molecule has 0 aliphatic carbocycles. The Balaban J connectivity index is 2.98. The molecule has 1 aromatic rings. The molecule has 0 aliphatic rings. The lowest BCUT2D eigenvalue weighted by Crippen LogP contribution is -1.86. The van der Waals surface area contributed by atoms with Crippen molar-refractivity contribution < 1.29 is 5.21 Å². The number of hydrogen-bond donors (Lipinski definition) is 2. The van der Waals surface area contributed by atoms with E-state index in [1.165, 1.54) is 6.07 Å².